The Labute approximate surface area is 92.9 Å². The molecule has 1 amide bonds. The number of thioether (sulfide) groups is 1. The van der Waals surface area contributed by atoms with E-state index >= 15 is 0 Å². The first-order valence-corrected chi connectivity index (χ1v) is 5.59. The summed E-state index contributed by atoms with van der Waals surface area (Å²) in [7, 11) is 0. The van der Waals surface area contributed by atoms with Crippen LogP contribution in [0.15, 0.2) is 29.2 Å². The highest BCUT2D eigenvalue weighted by Crippen LogP contribution is 2.20. The number of phenols is 1. The zero-order valence-corrected chi connectivity index (χ0v) is 9.09. The van der Waals surface area contributed by atoms with E-state index in [9.17, 15) is 4.79 Å². The van der Waals surface area contributed by atoms with Crippen molar-refractivity contribution in [3.05, 3.63) is 24.3 Å². The van der Waals surface area contributed by atoms with Crippen molar-refractivity contribution in [1.29, 1.82) is 0 Å². The lowest BCUT2D eigenvalue weighted by molar-refractivity contribution is -0.118. The van der Waals surface area contributed by atoms with Gasteiger partial charge in [0.1, 0.15) is 5.75 Å². The number of benzene rings is 1. The number of nitrogens with two attached hydrogens (primary N) is 1. The number of carbonyl (C=O) groups excluding carboxylic acids is 1. The Hall–Kier alpha value is -1.20. The number of phenolic OH excluding ortho intramolecular Hbond substituents is 1. The van der Waals surface area contributed by atoms with Crippen LogP contribution in [0.4, 0.5) is 0 Å². The number of nitrogens with one attached hydrogen (secondary N) is 1. The number of hydrogen-bond donors (Lipinski definition) is 3. The van der Waals surface area contributed by atoms with Crippen molar-refractivity contribution in [3.63, 3.8) is 0 Å². The molecule has 0 unspecified atom stereocenters. The van der Waals surface area contributed by atoms with E-state index in [0.717, 1.165) is 4.90 Å². The molecule has 0 saturated carbocycles. The first-order chi connectivity index (χ1) is 7.22. The Bertz CT molecular complexity index is 314. The molecule has 0 spiro atoms. The van der Waals surface area contributed by atoms with Gasteiger partial charge in [-0.05, 0) is 24.3 Å². The Morgan fingerprint density at radius 3 is 2.67 bits per heavy atom. The minimum atomic E-state index is -0.0291. The molecule has 0 saturated heterocycles. The Morgan fingerprint density at radius 1 is 1.40 bits per heavy atom. The van der Waals surface area contributed by atoms with E-state index in [1.54, 1.807) is 24.3 Å². The zero-order valence-electron chi connectivity index (χ0n) is 8.27. The normalized spacial score (nSPS) is 9.93. The van der Waals surface area contributed by atoms with Crippen molar-refractivity contribution < 1.29 is 9.90 Å². The van der Waals surface area contributed by atoms with Crippen LogP contribution in [0.25, 0.3) is 0 Å². The number of aromatic hydroxyl groups is 1. The second-order valence-electron chi connectivity index (χ2n) is 2.92. The van der Waals surface area contributed by atoms with Crippen LogP contribution in [0.5, 0.6) is 5.75 Å². The van der Waals surface area contributed by atoms with Crippen molar-refractivity contribution in [3.8, 4) is 5.75 Å². The van der Waals surface area contributed by atoms with Crippen molar-refractivity contribution in [2.45, 2.75) is 4.90 Å². The third-order valence-electron chi connectivity index (χ3n) is 1.67. The lowest BCUT2D eigenvalue weighted by Crippen LogP contribution is -2.30. The fourth-order valence-corrected chi connectivity index (χ4v) is 1.68. The van der Waals surface area contributed by atoms with E-state index in [0.29, 0.717) is 18.8 Å². The molecule has 0 aliphatic carbocycles. The molecule has 1 aromatic rings. The molecule has 4 N–H and O–H groups in total. The van der Waals surface area contributed by atoms with Gasteiger partial charge in [-0.25, -0.2) is 0 Å². The number of amides is 1. The van der Waals surface area contributed by atoms with Gasteiger partial charge in [-0.15, -0.1) is 11.8 Å². The van der Waals surface area contributed by atoms with Crippen molar-refractivity contribution in [2.24, 2.45) is 5.73 Å². The van der Waals surface area contributed by atoms with Gasteiger partial charge in [0.2, 0.25) is 5.91 Å². The van der Waals surface area contributed by atoms with E-state index in [2.05, 4.69) is 5.32 Å². The van der Waals surface area contributed by atoms with Gasteiger partial charge in [-0.2, -0.15) is 0 Å². The molecular formula is C10H14N2O2S. The quantitative estimate of drug-likeness (QED) is 0.641. The number of carbonyl (C=O) groups is 1. The summed E-state index contributed by atoms with van der Waals surface area (Å²) in [6.45, 7) is 0.963. The summed E-state index contributed by atoms with van der Waals surface area (Å²) in [6, 6.07) is 6.74. The van der Waals surface area contributed by atoms with Crippen LogP contribution in [-0.2, 0) is 4.79 Å². The van der Waals surface area contributed by atoms with Gasteiger partial charge < -0.3 is 16.2 Å². The van der Waals surface area contributed by atoms with Gasteiger partial charge >= 0.3 is 0 Å². The summed E-state index contributed by atoms with van der Waals surface area (Å²) in [5.41, 5.74) is 5.25. The average Bonchev–Trinajstić information content (AvgIpc) is 2.25. The monoisotopic (exact) mass is 226 g/mol. The molecule has 0 aliphatic heterocycles. The SMILES string of the molecule is NCCNC(=O)CSc1ccc(O)cc1. The lowest BCUT2D eigenvalue weighted by Gasteiger charge is -2.03. The summed E-state index contributed by atoms with van der Waals surface area (Å²) >= 11 is 1.42. The smallest absolute Gasteiger partial charge is 0.230 e. The highest BCUT2D eigenvalue weighted by atomic mass is 32.2. The average molecular weight is 226 g/mol. The summed E-state index contributed by atoms with van der Waals surface area (Å²) < 4.78 is 0. The van der Waals surface area contributed by atoms with Crippen molar-refractivity contribution >= 4 is 17.7 Å². The highest BCUT2D eigenvalue weighted by Gasteiger charge is 2.01. The van der Waals surface area contributed by atoms with Gasteiger partial charge in [0.25, 0.3) is 0 Å². The summed E-state index contributed by atoms with van der Waals surface area (Å²) in [6.07, 6.45) is 0. The molecule has 82 valence electrons. The molecule has 0 aromatic heterocycles. The van der Waals surface area contributed by atoms with Crippen LogP contribution in [0.3, 0.4) is 0 Å². The van der Waals surface area contributed by atoms with Crippen LogP contribution >= 0.6 is 11.8 Å². The topological polar surface area (TPSA) is 75.3 Å². The summed E-state index contributed by atoms with van der Waals surface area (Å²) in [5, 5.41) is 11.7. The second-order valence-corrected chi connectivity index (χ2v) is 3.97. The first kappa shape index (κ1) is 11.9. The minimum Gasteiger partial charge on any atom is -0.508 e. The molecule has 0 aliphatic rings. The van der Waals surface area contributed by atoms with Crippen LogP contribution in [0, 0.1) is 0 Å². The minimum absolute atomic E-state index is 0.0291. The zero-order chi connectivity index (χ0) is 11.1. The van der Waals surface area contributed by atoms with Gasteiger partial charge in [0, 0.05) is 18.0 Å². The van der Waals surface area contributed by atoms with Gasteiger partial charge in [-0.1, -0.05) is 0 Å². The first-order valence-electron chi connectivity index (χ1n) is 4.61. The maximum atomic E-state index is 11.2. The molecular weight excluding hydrogens is 212 g/mol. The Morgan fingerprint density at radius 2 is 2.07 bits per heavy atom. The predicted molar refractivity (Wildman–Crippen MR) is 60.9 cm³/mol. The van der Waals surface area contributed by atoms with Gasteiger partial charge in [0.15, 0.2) is 0 Å². The lowest BCUT2D eigenvalue weighted by atomic mass is 10.3. The third kappa shape index (κ3) is 4.71. The van der Waals surface area contributed by atoms with Crippen LogP contribution in [-0.4, -0.2) is 29.9 Å². The Kier molecular flexibility index (Phi) is 5.00. The molecule has 1 aromatic carbocycles. The highest BCUT2D eigenvalue weighted by molar-refractivity contribution is 8.00. The van der Waals surface area contributed by atoms with E-state index in [1.807, 2.05) is 0 Å². The van der Waals surface area contributed by atoms with Crippen LogP contribution in [0.1, 0.15) is 0 Å². The third-order valence-corrected chi connectivity index (χ3v) is 2.69. The maximum Gasteiger partial charge on any atom is 0.230 e. The van der Waals surface area contributed by atoms with Crippen molar-refractivity contribution in [1.82, 2.24) is 5.32 Å². The molecule has 0 radical (unpaired) electrons. The second kappa shape index (κ2) is 6.31. The van der Waals surface area contributed by atoms with Crippen LogP contribution < -0.4 is 11.1 Å². The van der Waals surface area contributed by atoms with Crippen molar-refractivity contribution in [2.75, 3.05) is 18.8 Å². The van der Waals surface area contributed by atoms with E-state index in [1.165, 1.54) is 11.8 Å². The predicted octanol–water partition coefficient (Wildman–Crippen LogP) is 0.559. The molecule has 0 bridgehead atoms. The fourth-order valence-electron chi connectivity index (χ4n) is 0.954. The summed E-state index contributed by atoms with van der Waals surface area (Å²) in [4.78, 5) is 12.2. The molecule has 0 heterocycles. The maximum absolute atomic E-state index is 11.2. The largest absolute Gasteiger partial charge is 0.508 e. The van der Waals surface area contributed by atoms with Gasteiger partial charge in [-0.3, -0.25) is 4.79 Å². The van der Waals surface area contributed by atoms with E-state index < -0.39 is 0 Å². The Balaban J connectivity index is 2.30. The molecule has 4 nitrogen and oxygen atoms in total. The number of rotatable bonds is 5. The standard InChI is InChI=1S/C10H14N2O2S/c11-5-6-12-10(14)7-15-9-3-1-8(13)2-4-9/h1-4,13H,5-7,11H2,(H,12,14). The molecule has 0 fully saturated rings. The summed E-state index contributed by atoms with van der Waals surface area (Å²) in [5.74, 6) is 0.565. The van der Waals surface area contributed by atoms with Gasteiger partial charge in [0.05, 0.1) is 5.75 Å². The van der Waals surface area contributed by atoms with E-state index in [4.69, 9.17) is 10.8 Å². The fraction of sp³-hybridized carbons (Fsp3) is 0.300. The number of hydrogen-bond acceptors (Lipinski definition) is 4. The van der Waals surface area contributed by atoms with Crippen LogP contribution in [0.2, 0.25) is 0 Å². The molecule has 0 atom stereocenters. The molecule has 1 rings (SSSR count). The molecule has 5 heteroatoms. The molecule has 15 heavy (non-hydrogen) atoms. The van der Waals surface area contributed by atoms with E-state index in [-0.39, 0.29) is 11.7 Å².